The lowest BCUT2D eigenvalue weighted by molar-refractivity contribution is 0.622. The van der Waals surface area contributed by atoms with Crippen molar-refractivity contribution < 1.29 is 4.39 Å². The minimum absolute atomic E-state index is 0.250. The molecule has 0 aliphatic carbocycles. The van der Waals surface area contributed by atoms with Gasteiger partial charge in [0.1, 0.15) is 11.6 Å². The van der Waals surface area contributed by atoms with E-state index in [1.807, 2.05) is 13.0 Å². The van der Waals surface area contributed by atoms with E-state index in [4.69, 9.17) is 11.6 Å². The summed E-state index contributed by atoms with van der Waals surface area (Å²) >= 11 is 5.91. The van der Waals surface area contributed by atoms with Crippen LogP contribution in [0.25, 0.3) is 0 Å². The van der Waals surface area contributed by atoms with E-state index in [9.17, 15) is 4.39 Å². The van der Waals surface area contributed by atoms with Crippen molar-refractivity contribution in [2.75, 3.05) is 0 Å². The molecule has 16 heavy (non-hydrogen) atoms. The highest BCUT2D eigenvalue weighted by Gasteiger charge is 2.08. The largest absolute Gasteiger partial charge is 0.297 e. The van der Waals surface area contributed by atoms with E-state index in [-0.39, 0.29) is 5.82 Å². The molecule has 0 radical (unpaired) electrons. The molecule has 1 aromatic carbocycles. The molecule has 0 aliphatic heterocycles. The molecule has 5 heteroatoms. The zero-order valence-corrected chi connectivity index (χ0v) is 9.58. The van der Waals surface area contributed by atoms with E-state index < -0.39 is 0 Å². The van der Waals surface area contributed by atoms with E-state index in [0.717, 1.165) is 17.8 Å². The number of nitrogens with zero attached hydrogens (tertiary/aromatic N) is 3. The molecule has 2 rings (SSSR count). The van der Waals surface area contributed by atoms with Crippen molar-refractivity contribution in [3.63, 3.8) is 0 Å². The van der Waals surface area contributed by atoms with Crippen LogP contribution in [0, 0.1) is 5.82 Å². The minimum Gasteiger partial charge on any atom is -0.297 e. The maximum atomic E-state index is 13.0. The van der Waals surface area contributed by atoms with Crippen molar-refractivity contribution in [2.24, 2.45) is 0 Å². The van der Waals surface area contributed by atoms with Gasteiger partial charge in [-0.1, -0.05) is 19.1 Å². The molecule has 3 nitrogen and oxygen atoms in total. The van der Waals surface area contributed by atoms with Crippen LogP contribution in [0.3, 0.4) is 0 Å². The van der Waals surface area contributed by atoms with Gasteiger partial charge in [-0.3, -0.25) is 4.57 Å². The van der Waals surface area contributed by atoms with Gasteiger partial charge in [0.05, 0.1) is 6.54 Å². The molecule has 0 saturated carbocycles. The van der Waals surface area contributed by atoms with Crippen molar-refractivity contribution in [2.45, 2.75) is 19.9 Å². The minimum atomic E-state index is -0.250. The number of aromatic nitrogens is 3. The van der Waals surface area contributed by atoms with Gasteiger partial charge in [-0.15, -0.1) is 10.2 Å². The standard InChI is InChI=1S/C11H11ClFN3/c1-2-10-14-15-11(12)16(10)7-8-4-3-5-9(13)6-8/h3-6H,2,7H2,1H3. The highest BCUT2D eigenvalue weighted by molar-refractivity contribution is 6.28. The summed E-state index contributed by atoms with van der Waals surface area (Å²) in [7, 11) is 0. The fourth-order valence-electron chi connectivity index (χ4n) is 1.55. The van der Waals surface area contributed by atoms with Crippen LogP contribution >= 0.6 is 11.6 Å². The first-order chi connectivity index (χ1) is 7.70. The molecule has 84 valence electrons. The first-order valence-electron chi connectivity index (χ1n) is 5.02. The van der Waals surface area contributed by atoms with E-state index in [0.29, 0.717) is 11.8 Å². The zero-order chi connectivity index (χ0) is 11.5. The molecule has 0 atom stereocenters. The summed E-state index contributed by atoms with van der Waals surface area (Å²) in [5.41, 5.74) is 0.844. The van der Waals surface area contributed by atoms with Gasteiger partial charge >= 0.3 is 0 Å². The van der Waals surface area contributed by atoms with Crippen LogP contribution in [-0.4, -0.2) is 14.8 Å². The second kappa shape index (κ2) is 4.61. The molecule has 1 heterocycles. The highest BCUT2D eigenvalue weighted by atomic mass is 35.5. The first-order valence-corrected chi connectivity index (χ1v) is 5.40. The summed E-state index contributed by atoms with van der Waals surface area (Å²) in [6, 6.07) is 6.42. The second-order valence-corrected chi connectivity index (χ2v) is 3.79. The Balaban J connectivity index is 2.29. The van der Waals surface area contributed by atoms with Gasteiger partial charge < -0.3 is 0 Å². The van der Waals surface area contributed by atoms with Gasteiger partial charge in [0.25, 0.3) is 0 Å². The number of aryl methyl sites for hydroxylation is 1. The third-order valence-electron chi connectivity index (χ3n) is 2.33. The predicted octanol–water partition coefficient (Wildman–Crippen LogP) is 2.68. The lowest BCUT2D eigenvalue weighted by Gasteiger charge is -2.06. The number of hydrogen-bond donors (Lipinski definition) is 0. The Morgan fingerprint density at radius 2 is 2.19 bits per heavy atom. The van der Waals surface area contributed by atoms with Crippen molar-refractivity contribution >= 4 is 11.6 Å². The number of rotatable bonds is 3. The zero-order valence-electron chi connectivity index (χ0n) is 8.82. The van der Waals surface area contributed by atoms with E-state index in [1.54, 1.807) is 10.6 Å². The third-order valence-corrected chi connectivity index (χ3v) is 2.61. The quantitative estimate of drug-likeness (QED) is 0.825. The van der Waals surface area contributed by atoms with Gasteiger partial charge in [-0.2, -0.15) is 0 Å². The summed E-state index contributed by atoms with van der Waals surface area (Å²) in [5, 5.41) is 8.07. The normalized spacial score (nSPS) is 10.7. The third kappa shape index (κ3) is 2.22. The molecule has 0 bridgehead atoms. The van der Waals surface area contributed by atoms with Crippen molar-refractivity contribution in [3.05, 3.63) is 46.8 Å². The first kappa shape index (κ1) is 11.1. The van der Waals surface area contributed by atoms with E-state index in [2.05, 4.69) is 10.2 Å². The van der Waals surface area contributed by atoms with Gasteiger partial charge in [0.15, 0.2) is 0 Å². The van der Waals surface area contributed by atoms with Crippen LogP contribution in [0.4, 0.5) is 4.39 Å². The Hall–Kier alpha value is -1.42. The molecule has 0 amide bonds. The molecule has 0 N–H and O–H groups in total. The molecular formula is C11H11ClFN3. The Kier molecular flexibility index (Phi) is 3.19. The van der Waals surface area contributed by atoms with Crippen LogP contribution in [0.1, 0.15) is 18.3 Å². The molecule has 0 unspecified atom stereocenters. The Morgan fingerprint density at radius 1 is 1.38 bits per heavy atom. The summed E-state index contributed by atoms with van der Waals surface area (Å²) in [4.78, 5) is 0. The fourth-order valence-corrected chi connectivity index (χ4v) is 1.74. The van der Waals surface area contributed by atoms with Gasteiger partial charge in [-0.05, 0) is 29.3 Å². The molecule has 2 aromatic rings. The molecule has 0 fully saturated rings. The van der Waals surface area contributed by atoms with Crippen LogP contribution in [0.2, 0.25) is 5.28 Å². The maximum absolute atomic E-state index is 13.0. The Morgan fingerprint density at radius 3 is 2.88 bits per heavy atom. The van der Waals surface area contributed by atoms with Gasteiger partial charge in [0, 0.05) is 6.42 Å². The van der Waals surface area contributed by atoms with Crippen molar-refractivity contribution in [1.82, 2.24) is 14.8 Å². The lowest BCUT2D eigenvalue weighted by Crippen LogP contribution is -2.04. The van der Waals surface area contributed by atoms with E-state index in [1.165, 1.54) is 12.1 Å². The maximum Gasteiger partial charge on any atom is 0.225 e. The van der Waals surface area contributed by atoms with E-state index >= 15 is 0 Å². The molecule has 1 aromatic heterocycles. The predicted molar refractivity (Wildman–Crippen MR) is 59.9 cm³/mol. The van der Waals surface area contributed by atoms with Gasteiger partial charge in [0.2, 0.25) is 5.28 Å². The second-order valence-electron chi connectivity index (χ2n) is 3.45. The molecule has 0 saturated heterocycles. The number of hydrogen-bond acceptors (Lipinski definition) is 2. The number of benzene rings is 1. The van der Waals surface area contributed by atoms with Crippen LogP contribution < -0.4 is 0 Å². The fraction of sp³-hybridized carbons (Fsp3) is 0.273. The van der Waals surface area contributed by atoms with Crippen LogP contribution in [0.5, 0.6) is 0 Å². The molecule has 0 aliphatic rings. The van der Waals surface area contributed by atoms with Crippen LogP contribution in [0.15, 0.2) is 24.3 Å². The average Bonchev–Trinajstić information content (AvgIpc) is 2.60. The van der Waals surface area contributed by atoms with Gasteiger partial charge in [-0.25, -0.2) is 4.39 Å². The SMILES string of the molecule is CCc1nnc(Cl)n1Cc1cccc(F)c1. The van der Waals surface area contributed by atoms with Crippen LogP contribution in [-0.2, 0) is 13.0 Å². The highest BCUT2D eigenvalue weighted by Crippen LogP contribution is 2.13. The Bertz CT molecular complexity index is 496. The Labute approximate surface area is 97.9 Å². The van der Waals surface area contributed by atoms with Crippen molar-refractivity contribution in [3.8, 4) is 0 Å². The monoisotopic (exact) mass is 239 g/mol. The smallest absolute Gasteiger partial charge is 0.225 e. The average molecular weight is 240 g/mol. The number of halogens is 2. The summed E-state index contributed by atoms with van der Waals surface area (Å²) < 4.78 is 14.8. The molecular weight excluding hydrogens is 229 g/mol. The van der Waals surface area contributed by atoms with Crippen molar-refractivity contribution in [1.29, 1.82) is 0 Å². The lowest BCUT2D eigenvalue weighted by atomic mass is 10.2. The summed E-state index contributed by atoms with van der Waals surface area (Å²) in [5.74, 6) is 0.550. The summed E-state index contributed by atoms with van der Waals surface area (Å²) in [6.45, 7) is 2.47. The summed E-state index contributed by atoms with van der Waals surface area (Å²) in [6.07, 6.45) is 0.745. The molecule has 0 spiro atoms. The topological polar surface area (TPSA) is 30.7 Å².